The van der Waals surface area contributed by atoms with E-state index in [2.05, 4.69) is 27.4 Å². The fourth-order valence-electron chi connectivity index (χ4n) is 5.41. The molecule has 36 heavy (non-hydrogen) atoms. The Labute approximate surface area is 224 Å². The van der Waals surface area contributed by atoms with Gasteiger partial charge >= 0.3 is 0 Å². The van der Waals surface area contributed by atoms with E-state index in [1.165, 1.54) is 96.3 Å². The van der Waals surface area contributed by atoms with Crippen molar-refractivity contribution in [2.45, 2.75) is 167 Å². The third-order valence-electron chi connectivity index (χ3n) is 7.77. The van der Waals surface area contributed by atoms with Gasteiger partial charge in [0.15, 0.2) is 0 Å². The van der Waals surface area contributed by atoms with Crippen molar-refractivity contribution in [3.63, 3.8) is 0 Å². The Bertz CT molecular complexity index is 483. The van der Waals surface area contributed by atoms with Crippen LogP contribution in [-0.4, -0.2) is 49.3 Å². The Morgan fingerprint density at radius 2 is 1.22 bits per heavy atom. The quantitative estimate of drug-likeness (QED) is 0.0933. The number of hydrogen-bond acceptors (Lipinski definition) is 4. The van der Waals surface area contributed by atoms with Crippen molar-refractivity contribution in [3.8, 4) is 0 Å². The van der Waals surface area contributed by atoms with Gasteiger partial charge in [-0.15, -0.1) is 6.58 Å². The van der Waals surface area contributed by atoms with E-state index >= 15 is 0 Å². The van der Waals surface area contributed by atoms with Crippen molar-refractivity contribution >= 4 is 0 Å². The topological polar surface area (TPSA) is 47.9 Å². The molecule has 4 nitrogen and oxygen atoms in total. The maximum Gasteiger partial charge on any atom is 0.115 e. The van der Waals surface area contributed by atoms with Crippen LogP contribution in [0.1, 0.15) is 143 Å². The van der Waals surface area contributed by atoms with Crippen LogP contribution < -0.4 is 0 Å². The van der Waals surface area contributed by atoms with Gasteiger partial charge in [0.1, 0.15) is 18.3 Å². The van der Waals surface area contributed by atoms with Crippen LogP contribution in [0.15, 0.2) is 12.7 Å². The van der Waals surface area contributed by atoms with Gasteiger partial charge in [-0.1, -0.05) is 117 Å². The van der Waals surface area contributed by atoms with E-state index in [4.69, 9.17) is 14.2 Å². The van der Waals surface area contributed by atoms with Gasteiger partial charge in [-0.05, 0) is 38.0 Å². The summed E-state index contributed by atoms with van der Waals surface area (Å²) < 4.78 is 19.3. The van der Waals surface area contributed by atoms with Crippen molar-refractivity contribution < 1.29 is 19.3 Å². The van der Waals surface area contributed by atoms with Gasteiger partial charge < -0.3 is 19.3 Å². The highest BCUT2D eigenvalue weighted by molar-refractivity contribution is 4.95. The first-order valence-corrected chi connectivity index (χ1v) is 15.8. The largest absolute Gasteiger partial charge is 0.394 e. The van der Waals surface area contributed by atoms with Gasteiger partial charge in [0.05, 0.1) is 12.7 Å². The molecule has 1 rings (SSSR count). The minimum atomic E-state index is -0.272. The minimum absolute atomic E-state index is 0.00453. The van der Waals surface area contributed by atoms with Crippen LogP contribution in [-0.2, 0) is 14.2 Å². The van der Waals surface area contributed by atoms with E-state index in [9.17, 15) is 5.11 Å². The summed E-state index contributed by atoms with van der Waals surface area (Å²) in [6.45, 7) is 12.1. The molecule has 5 atom stereocenters. The third-order valence-corrected chi connectivity index (χ3v) is 7.77. The van der Waals surface area contributed by atoms with Crippen molar-refractivity contribution in [3.05, 3.63) is 12.7 Å². The molecule has 0 saturated carbocycles. The molecular formula is C32H62O4. The van der Waals surface area contributed by atoms with Gasteiger partial charge in [-0.3, -0.25) is 0 Å². The molecular weight excluding hydrogens is 448 g/mol. The Morgan fingerprint density at radius 1 is 0.722 bits per heavy atom. The summed E-state index contributed by atoms with van der Waals surface area (Å²) in [5, 5.41) is 10.1. The zero-order valence-corrected chi connectivity index (χ0v) is 24.4. The molecule has 0 radical (unpaired) electrons. The lowest BCUT2D eigenvalue weighted by molar-refractivity contribution is -0.0761. The van der Waals surface area contributed by atoms with E-state index in [1.54, 1.807) is 0 Å². The summed E-state index contributed by atoms with van der Waals surface area (Å²) in [7, 11) is 0. The molecule has 1 aliphatic rings. The molecule has 214 valence electrons. The zero-order valence-electron chi connectivity index (χ0n) is 24.4. The number of rotatable bonds is 26. The second-order valence-corrected chi connectivity index (χ2v) is 11.1. The van der Waals surface area contributed by atoms with Crippen LogP contribution in [0.25, 0.3) is 0 Å². The molecule has 0 bridgehead atoms. The normalized spacial score (nSPS) is 22.8. The molecule has 0 amide bonds. The molecule has 1 saturated heterocycles. The van der Waals surface area contributed by atoms with Crippen molar-refractivity contribution in [1.29, 1.82) is 0 Å². The highest BCUT2D eigenvalue weighted by Crippen LogP contribution is 2.33. The van der Waals surface area contributed by atoms with E-state index < -0.39 is 0 Å². The second kappa shape index (κ2) is 23.7. The summed E-state index contributed by atoms with van der Waals surface area (Å²) in [5.74, 6) is 0.407. The maximum absolute atomic E-state index is 10.1. The summed E-state index contributed by atoms with van der Waals surface area (Å²) in [6, 6.07) is 0. The molecule has 0 aliphatic carbocycles. The molecule has 0 aromatic carbocycles. The van der Waals surface area contributed by atoms with Crippen LogP contribution in [0.3, 0.4) is 0 Å². The predicted molar refractivity (Wildman–Crippen MR) is 154 cm³/mol. The molecule has 1 aliphatic heterocycles. The predicted octanol–water partition coefficient (Wildman–Crippen LogP) is 8.79. The maximum atomic E-state index is 10.1. The molecule has 4 heteroatoms. The smallest absolute Gasteiger partial charge is 0.115 e. The monoisotopic (exact) mass is 510 g/mol. The first-order valence-electron chi connectivity index (χ1n) is 15.8. The molecule has 0 aromatic heterocycles. The molecule has 1 N–H and O–H groups in total. The zero-order chi connectivity index (χ0) is 26.3. The molecule has 0 aromatic rings. The number of hydrogen-bond donors (Lipinski definition) is 1. The number of unbranched alkanes of at least 4 members (excludes halogenated alkanes) is 15. The van der Waals surface area contributed by atoms with Gasteiger partial charge in [-0.2, -0.15) is 0 Å². The van der Waals surface area contributed by atoms with Crippen LogP contribution >= 0.6 is 0 Å². The van der Waals surface area contributed by atoms with Gasteiger partial charge in [0, 0.05) is 13.2 Å². The number of aliphatic hydroxyl groups is 1. The van der Waals surface area contributed by atoms with Crippen LogP contribution in [0.5, 0.6) is 0 Å². The number of allylic oxidation sites excluding steroid dienone is 1. The Kier molecular flexibility index (Phi) is 22.1. The lowest BCUT2D eigenvalue weighted by atomic mass is 9.92. The van der Waals surface area contributed by atoms with Gasteiger partial charge in [0.25, 0.3) is 0 Å². The highest BCUT2D eigenvalue weighted by Gasteiger charge is 2.47. The highest BCUT2D eigenvalue weighted by atomic mass is 16.6. The summed E-state index contributed by atoms with van der Waals surface area (Å²) in [4.78, 5) is 0. The van der Waals surface area contributed by atoms with E-state index in [0.717, 1.165) is 38.9 Å². The molecule has 1 heterocycles. The Morgan fingerprint density at radius 3 is 1.78 bits per heavy atom. The van der Waals surface area contributed by atoms with E-state index in [1.807, 2.05) is 6.08 Å². The van der Waals surface area contributed by atoms with Crippen LogP contribution in [0, 0.1) is 5.92 Å². The lowest BCUT2D eigenvalue weighted by Gasteiger charge is -2.28. The Hall–Kier alpha value is -0.420. The van der Waals surface area contributed by atoms with Crippen molar-refractivity contribution in [2.24, 2.45) is 5.92 Å². The molecule has 2 unspecified atom stereocenters. The fourth-order valence-corrected chi connectivity index (χ4v) is 5.41. The van der Waals surface area contributed by atoms with Gasteiger partial charge in [-0.25, -0.2) is 0 Å². The second-order valence-electron chi connectivity index (χ2n) is 11.1. The standard InChI is InChI=1S/C32H62O4/c1-5-8-11-14-17-18-21-24-28(4)30-32(35-26-23-20-16-13-10-7-3)31(29(27-33)36-30)34-25-22-19-15-12-9-6-2/h5,28-33H,1,6-27H2,2-4H3/t28?,29-,30?,31-,32-/m1/s1. The average Bonchev–Trinajstić information content (AvgIpc) is 3.24. The van der Waals surface area contributed by atoms with Crippen LogP contribution in [0.2, 0.25) is 0 Å². The number of ether oxygens (including phenoxy) is 3. The summed E-state index contributed by atoms with van der Waals surface area (Å²) in [5.41, 5.74) is 0. The van der Waals surface area contributed by atoms with E-state index in [-0.39, 0.29) is 31.0 Å². The van der Waals surface area contributed by atoms with Gasteiger partial charge in [0.2, 0.25) is 0 Å². The third kappa shape index (κ3) is 15.1. The fraction of sp³-hybridized carbons (Fsp3) is 0.938. The summed E-state index contributed by atoms with van der Waals surface area (Å²) in [6.07, 6.45) is 25.2. The van der Waals surface area contributed by atoms with Crippen LogP contribution in [0.4, 0.5) is 0 Å². The SMILES string of the molecule is C=CCCCCCCCC(C)C1O[C@H](CO)[C@@H](OCCCCCCCC)[C@@H]1OCCCCCCCC. The molecule has 0 spiro atoms. The van der Waals surface area contributed by atoms with E-state index in [0.29, 0.717) is 5.92 Å². The average molecular weight is 511 g/mol. The number of aliphatic hydroxyl groups excluding tert-OH is 1. The van der Waals surface area contributed by atoms with Crippen molar-refractivity contribution in [2.75, 3.05) is 19.8 Å². The first kappa shape index (κ1) is 33.6. The first-order chi connectivity index (χ1) is 17.7. The Balaban J connectivity index is 2.55. The minimum Gasteiger partial charge on any atom is -0.394 e. The summed E-state index contributed by atoms with van der Waals surface area (Å²) >= 11 is 0. The lowest BCUT2D eigenvalue weighted by Crippen LogP contribution is -2.41. The van der Waals surface area contributed by atoms with Crippen molar-refractivity contribution in [1.82, 2.24) is 0 Å². The molecule has 1 fully saturated rings.